The van der Waals surface area contributed by atoms with Crippen molar-refractivity contribution >= 4 is 36.8 Å². The number of benzene rings is 2. The Bertz CT molecular complexity index is 1680. The number of hydrogen-bond acceptors (Lipinski definition) is 10. The number of rotatable bonds is 13. The lowest BCUT2D eigenvalue weighted by molar-refractivity contribution is -0.175. The van der Waals surface area contributed by atoms with Gasteiger partial charge in [-0.3, -0.25) is 33.0 Å². The van der Waals surface area contributed by atoms with Crippen LogP contribution in [0.3, 0.4) is 0 Å². The van der Waals surface area contributed by atoms with Crippen molar-refractivity contribution < 1.29 is 47.8 Å². The van der Waals surface area contributed by atoms with Crippen molar-refractivity contribution in [3.8, 4) is 16.9 Å². The van der Waals surface area contributed by atoms with E-state index in [1.807, 2.05) is 24.3 Å². The second-order valence-electron chi connectivity index (χ2n) is 12.8. The molecule has 2 aromatic carbocycles. The Morgan fingerprint density at radius 1 is 1.02 bits per heavy atom. The van der Waals surface area contributed by atoms with Crippen LogP contribution in [0.15, 0.2) is 36.4 Å². The molecule has 2 unspecified atom stereocenters. The number of carbonyl (C=O) groups is 5. The van der Waals surface area contributed by atoms with Gasteiger partial charge >= 0.3 is 7.75 Å². The van der Waals surface area contributed by atoms with E-state index >= 15 is 0 Å². The first-order valence-corrected chi connectivity index (χ1v) is 18.1. The molecule has 0 saturated heterocycles. The zero-order valence-corrected chi connectivity index (χ0v) is 28.4. The number of hydrogen-bond donors (Lipinski definition) is 3. The lowest BCUT2D eigenvalue weighted by atomic mass is 9.53. The average molecular weight is 683 g/mol. The van der Waals surface area contributed by atoms with E-state index in [0.29, 0.717) is 17.7 Å². The van der Waals surface area contributed by atoms with Crippen LogP contribution in [-0.4, -0.2) is 69.3 Å². The van der Waals surface area contributed by atoms with Gasteiger partial charge in [0.1, 0.15) is 5.75 Å². The van der Waals surface area contributed by atoms with E-state index in [1.54, 1.807) is 24.6 Å². The van der Waals surface area contributed by atoms with Crippen molar-refractivity contribution in [2.24, 2.45) is 29.4 Å². The highest BCUT2D eigenvalue weighted by molar-refractivity contribution is 7.51. The molecule has 0 spiro atoms. The fraction of sp³-hybridized carbons (Fsp3) is 0.514. The summed E-state index contributed by atoms with van der Waals surface area (Å²) < 4.78 is 26.9. The van der Waals surface area contributed by atoms with Crippen LogP contribution in [0, 0.1) is 23.7 Å². The molecule has 3 aliphatic rings. The van der Waals surface area contributed by atoms with Crippen molar-refractivity contribution in [2.45, 2.75) is 71.4 Å². The molecule has 3 aliphatic carbocycles. The molecule has 5 rings (SSSR count). The Morgan fingerprint density at radius 3 is 2.38 bits per heavy atom. The van der Waals surface area contributed by atoms with Crippen LogP contribution >= 0.6 is 7.75 Å². The SMILES string of the molecule is CCCCCN(Cc1cccc(-c2ccc(O)c3c2C[C@H]2C[C@H]4CC(=O)C(C(N)=O)C(=O)[C@@]4(O)C(=O)C2C3=O)c1)P(=O)(OCC)OCC. The van der Waals surface area contributed by atoms with Crippen LogP contribution in [0.25, 0.3) is 11.1 Å². The minimum absolute atomic E-state index is 0.00699. The Hall–Kier alpha value is -3.54. The largest absolute Gasteiger partial charge is 0.507 e. The predicted molar refractivity (Wildman–Crippen MR) is 175 cm³/mol. The monoisotopic (exact) mass is 682 g/mol. The fourth-order valence-corrected chi connectivity index (χ4v) is 9.42. The Balaban J connectivity index is 1.51. The topological polar surface area (TPSA) is 191 Å². The van der Waals surface area contributed by atoms with E-state index in [0.717, 1.165) is 30.4 Å². The number of phenols is 1. The summed E-state index contributed by atoms with van der Waals surface area (Å²) >= 11 is 0. The van der Waals surface area contributed by atoms with Gasteiger partial charge in [-0.1, -0.05) is 44.0 Å². The van der Waals surface area contributed by atoms with E-state index in [2.05, 4.69) is 6.92 Å². The molecule has 2 saturated carbocycles. The first kappa shape index (κ1) is 35.8. The third kappa shape index (κ3) is 6.20. The number of carbonyl (C=O) groups excluding carboxylic acids is 5. The van der Waals surface area contributed by atoms with Crippen LogP contribution in [0.4, 0.5) is 0 Å². The molecular weight excluding hydrogens is 639 g/mol. The maximum absolute atomic E-state index is 14.0. The number of aliphatic hydroxyl groups is 1. The molecular formula is C35H43N2O10P. The number of phenolic OH excluding ortho intramolecular Hbond substituents is 1. The first-order valence-electron chi connectivity index (χ1n) is 16.6. The molecule has 12 nitrogen and oxygen atoms in total. The maximum atomic E-state index is 14.0. The molecule has 0 bridgehead atoms. The van der Waals surface area contributed by atoms with E-state index in [-0.39, 0.29) is 43.9 Å². The third-order valence-corrected chi connectivity index (χ3v) is 12.0. The summed E-state index contributed by atoms with van der Waals surface area (Å²) in [5.41, 5.74) is 5.18. The van der Waals surface area contributed by atoms with E-state index in [1.165, 1.54) is 6.07 Å². The van der Waals surface area contributed by atoms with Gasteiger partial charge in [-0.2, -0.15) is 0 Å². The normalized spacial score (nSPS) is 25.5. The van der Waals surface area contributed by atoms with E-state index < -0.39 is 72.5 Å². The van der Waals surface area contributed by atoms with Gasteiger partial charge in [0.05, 0.1) is 24.7 Å². The number of primary amides is 1. The number of nitrogens with two attached hydrogens (primary N) is 1. The minimum Gasteiger partial charge on any atom is -0.507 e. The van der Waals surface area contributed by atoms with Gasteiger partial charge in [-0.05, 0) is 73.4 Å². The molecule has 0 aromatic heterocycles. The Morgan fingerprint density at radius 2 is 1.73 bits per heavy atom. The van der Waals surface area contributed by atoms with Crippen LogP contribution < -0.4 is 5.73 Å². The van der Waals surface area contributed by atoms with Gasteiger partial charge in [0.25, 0.3) is 0 Å². The standard InChI is InChI=1S/C35H43N2O10P/c1-4-7-8-14-37(48(45,46-5-2)47-6-3)19-20-10-9-11-21(15-20)24-12-13-26(38)29-25(24)17-22-16-23-18-27(39)30(34(36)43)33(42)35(23,44)32(41)28(22)31(29)40/h9-13,15,22-23,28,30,38,44H,4-8,14,16-19H2,1-3H3,(H2,36,43)/t22-,23+,28?,30?,35+/m1/s1. The van der Waals surface area contributed by atoms with E-state index in [4.69, 9.17) is 14.8 Å². The summed E-state index contributed by atoms with van der Waals surface area (Å²) in [5.74, 6) is -10.6. The summed E-state index contributed by atoms with van der Waals surface area (Å²) in [5, 5.41) is 22.4. The van der Waals surface area contributed by atoms with Gasteiger partial charge in [0.2, 0.25) is 5.91 Å². The molecule has 1 amide bonds. The molecule has 13 heteroatoms. The molecule has 0 heterocycles. The number of fused-ring (bicyclic) bond motifs is 3. The lowest BCUT2D eigenvalue weighted by Gasteiger charge is -2.48. The number of aromatic hydroxyl groups is 1. The number of ketones is 4. The van der Waals surface area contributed by atoms with Gasteiger partial charge in [-0.25, -0.2) is 9.24 Å². The summed E-state index contributed by atoms with van der Waals surface area (Å²) in [4.78, 5) is 65.6. The summed E-state index contributed by atoms with van der Waals surface area (Å²) in [7, 11) is -3.58. The second kappa shape index (κ2) is 14.1. The molecule has 5 atom stereocenters. The Kier molecular flexibility index (Phi) is 10.5. The van der Waals surface area contributed by atoms with Crippen molar-refractivity contribution in [1.82, 2.24) is 4.67 Å². The summed E-state index contributed by atoms with van der Waals surface area (Å²) in [6, 6.07) is 10.6. The van der Waals surface area contributed by atoms with Crippen LogP contribution in [0.2, 0.25) is 0 Å². The maximum Gasteiger partial charge on any atom is 0.408 e. The highest BCUT2D eigenvalue weighted by Crippen LogP contribution is 2.53. The molecule has 258 valence electrons. The second-order valence-corrected chi connectivity index (χ2v) is 14.8. The molecule has 48 heavy (non-hydrogen) atoms. The number of nitrogens with zero attached hydrogens (tertiary/aromatic N) is 1. The Labute approximate surface area is 279 Å². The number of unbranched alkanes of at least 4 members (excludes halogenated alkanes) is 2. The molecule has 4 N–H and O–H groups in total. The highest BCUT2D eigenvalue weighted by Gasteiger charge is 2.66. The highest BCUT2D eigenvalue weighted by atomic mass is 31.2. The summed E-state index contributed by atoms with van der Waals surface area (Å²) in [6.07, 6.45) is 2.49. The number of amides is 1. The van der Waals surface area contributed by atoms with Gasteiger partial charge < -0.3 is 15.9 Å². The number of Topliss-reactive ketones (excluding diaryl/α,β-unsaturated/α-hetero) is 4. The quantitative estimate of drug-likeness (QED) is 0.156. The fourth-order valence-electron chi connectivity index (χ4n) is 7.65. The van der Waals surface area contributed by atoms with Crippen molar-refractivity contribution in [3.63, 3.8) is 0 Å². The van der Waals surface area contributed by atoms with Crippen LogP contribution in [0.5, 0.6) is 5.75 Å². The summed E-state index contributed by atoms with van der Waals surface area (Å²) in [6.45, 7) is 6.80. The minimum atomic E-state index is -3.58. The van der Waals surface area contributed by atoms with Crippen LogP contribution in [0.1, 0.15) is 74.4 Å². The van der Waals surface area contributed by atoms with Gasteiger partial charge in [0, 0.05) is 25.4 Å². The van der Waals surface area contributed by atoms with Gasteiger partial charge in [0.15, 0.2) is 34.7 Å². The van der Waals surface area contributed by atoms with E-state index in [9.17, 15) is 38.8 Å². The van der Waals surface area contributed by atoms with Crippen molar-refractivity contribution in [2.75, 3.05) is 19.8 Å². The smallest absolute Gasteiger partial charge is 0.408 e. The zero-order valence-electron chi connectivity index (χ0n) is 27.5. The lowest BCUT2D eigenvalue weighted by Crippen LogP contribution is -2.68. The molecule has 2 aromatic rings. The zero-order chi connectivity index (χ0) is 35.0. The molecule has 0 radical (unpaired) electrons. The first-order chi connectivity index (χ1) is 22.8. The van der Waals surface area contributed by atoms with Gasteiger partial charge in [-0.15, -0.1) is 0 Å². The molecule has 0 aliphatic heterocycles. The molecule has 2 fully saturated rings. The third-order valence-electron chi connectivity index (χ3n) is 9.84. The van der Waals surface area contributed by atoms with Crippen molar-refractivity contribution in [3.05, 3.63) is 53.1 Å². The average Bonchev–Trinajstić information content (AvgIpc) is 3.02. The predicted octanol–water partition coefficient (Wildman–Crippen LogP) is 4.17. The van der Waals surface area contributed by atoms with Crippen LogP contribution in [-0.2, 0) is 45.8 Å². The van der Waals surface area contributed by atoms with Crippen molar-refractivity contribution in [1.29, 1.82) is 0 Å².